The Labute approximate surface area is 72.0 Å². The van der Waals surface area contributed by atoms with Crippen LogP contribution in [0.4, 0.5) is 5.95 Å². The van der Waals surface area contributed by atoms with Gasteiger partial charge in [0, 0.05) is 26.0 Å². The third-order valence-electron chi connectivity index (χ3n) is 1.52. The molecule has 0 fully saturated rings. The summed E-state index contributed by atoms with van der Waals surface area (Å²) in [5, 5.41) is 3.05. The largest absolute Gasteiger partial charge is 0.380 e. The van der Waals surface area contributed by atoms with Crippen molar-refractivity contribution >= 4 is 5.95 Å². The second-order valence-corrected chi connectivity index (χ2v) is 2.50. The molecule has 0 radical (unpaired) electrons. The van der Waals surface area contributed by atoms with Gasteiger partial charge in [0.05, 0.1) is 6.10 Å². The molecule has 0 aliphatic carbocycles. The zero-order chi connectivity index (χ0) is 8.81. The quantitative estimate of drug-likeness (QED) is 0.724. The van der Waals surface area contributed by atoms with Crippen molar-refractivity contribution in [1.82, 2.24) is 9.97 Å². The molecule has 1 atom stereocenters. The van der Waals surface area contributed by atoms with Gasteiger partial charge in [0.2, 0.25) is 5.95 Å². The minimum atomic E-state index is 0.175. The number of aromatic nitrogens is 2. The Balaban J connectivity index is 2.33. The summed E-state index contributed by atoms with van der Waals surface area (Å²) in [6, 6.07) is 1.78. The molecule has 0 amide bonds. The molecule has 1 N–H and O–H groups in total. The molecule has 0 saturated heterocycles. The Morgan fingerprint density at radius 2 is 2.17 bits per heavy atom. The van der Waals surface area contributed by atoms with Gasteiger partial charge in [-0.2, -0.15) is 0 Å². The topological polar surface area (TPSA) is 47.0 Å². The van der Waals surface area contributed by atoms with E-state index in [2.05, 4.69) is 15.3 Å². The molecule has 0 spiro atoms. The molecule has 1 rings (SSSR count). The van der Waals surface area contributed by atoms with E-state index in [1.54, 1.807) is 25.6 Å². The first kappa shape index (κ1) is 8.93. The first-order valence-corrected chi connectivity index (χ1v) is 3.86. The lowest BCUT2D eigenvalue weighted by molar-refractivity contribution is 0.128. The van der Waals surface area contributed by atoms with Crippen molar-refractivity contribution in [3.63, 3.8) is 0 Å². The summed E-state index contributed by atoms with van der Waals surface area (Å²) in [5.74, 6) is 0.640. The number of nitrogens with one attached hydrogen (secondary N) is 1. The first-order chi connectivity index (χ1) is 5.83. The average molecular weight is 167 g/mol. The van der Waals surface area contributed by atoms with E-state index in [0.717, 1.165) is 6.54 Å². The molecule has 4 nitrogen and oxygen atoms in total. The minimum absolute atomic E-state index is 0.175. The number of hydrogen-bond donors (Lipinski definition) is 1. The van der Waals surface area contributed by atoms with Crippen LogP contribution in [0.25, 0.3) is 0 Å². The van der Waals surface area contributed by atoms with Crippen molar-refractivity contribution in [3.8, 4) is 0 Å². The molecule has 12 heavy (non-hydrogen) atoms. The zero-order valence-electron chi connectivity index (χ0n) is 7.32. The Bertz CT molecular complexity index is 215. The van der Waals surface area contributed by atoms with Crippen LogP contribution in [0.15, 0.2) is 18.5 Å². The summed E-state index contributed by atoms with van der Waals surface area (Å²) < 4.78 is 5.05. The Morgan fingerprint density at radius 3 is 2.75 bits per heavy atom. The van der Waals surface area contributed by atoms with Gasteiger partial charge in [0.25, 0.3) is 0 Å². The van der Waals surface area contributed by atoms with Gasteiger partial charge in [-0.25, -0.2) is 9.97 Å². The zero-order valence-corrected chi connectivity index (χ0v) is 7.32. The molecule has 0 aromatic carbocycles. The predicted octanol–water partition coefficient (Wildman–Crippen LogP) is 0.923. The van der Waals surface area contributed by atoms with E-state index >= 15 is 0 Å². The van der Waals surface area contributed by atoms with Gasteiger partial charge in [-0.15, -0.1) is 0 Å². The Morgan fingerprint density at radius 1 is 1.50 bits per heavy atom. The number of rotatable bonds is 4. The summed E-state index contributed by atoms with van der Waals surface area (Å²) in [6.07, 6.45) is 3.58. The van der Waals surface area contributed by atoms with Gasteiger partial charge < -0.3 is 10.1 Å². The van der Waals surface area contributed by atoms with E-state index < -0.39 is 0 Å². The molecule has 0 saturated carbocycles. The summed E-state index contributed by atoms with van der Waals surface area (Å²) in [7, 11) is 1.68. The van der Waals surface area contributed by atoms with Gasteiger partial charge in [-0.05, 0) is 13.0 Å². The Kier molecular flexibility index (Phi) is 3.47. The molecule has 0 bridgehead atoms. The highest BCUT2D eigenvalue weighted by molar-refractivity contribution is 5.21. The number of ether oxygens (including phenoxy) is 1. The van der Waals surface area contributed by atoms with Gasteiger partial charge in [0.1, 0.15) is 0 Å². The molecule has 1 aromatic heterocycles. The van der Waals surface area contributed by atoms with Crippen molar-refractivity contribution < 1.29 is 4.74 Å². The minimum Gasteiger partial charge on any atom is -0.380 e. The fraction of sp³-hybridized carbons (Fsp3) is 0.500. The summed E-state index contributed by atoms with van der Waals surface area (Å²) in [5.41, 5.74) is 0. The van der Waals surface area contributed by atoms with Crippen molar-refractivity contribution in [2.75, 3.05) is 19.0 Å². The van der Waals surface area contributed by atoms with Crippen molar-refractivity contribution in [1.29, 1.82) is 0 Å². The highest BCUT2D eigenvalue weighted by Crippen LogP contribution is 1.95. The van der Waals surface area contributed by atoms with Crippen LogP contribution in [0.2, 0.25) is 0 Å². The predicted molar refractivity (Wildman–Crippen MR) is 47.0 cm³/mol. The lowest BCUT2D eigenvalue weighted by Gasteiger charge is -2.09. The van der Waals surface area contributed by atoms with Crippen molar-refractivity contribution in [2.45, 2.75) is 13.0 Å². The monoisotopic (exact) mass is 167 g/mol. The highest BCUT2D eigenvalue weighted by Gasteiger charge is 1.98. The maximum atomic E-state index is 5.05. The molecule has 1 heterocycles. The second-order valence-electron chi connectivity index (χ2n) is 2.50. The molecule has 0 aliphatic rings. The van der Waals surface area contributed by atoms with Crippen LogP contribution in [0.3, 0.4) is 0 Å². The average Bonchev–Trinajstić information content (AvgIpc) is 2.16. The van der Waals surface area contributed by atoms with Gasteiger partial charge in [0.15, 0.2) is 0 Å². The van der Waals surface area contributed by atoms with E-state index in [4.69, 9.17) is 4.74 Å². The molecular formula is C8H13N3O. The van der Waals surface area contributed by atoms with Crippen LogP contribution in [-0.2, 0) is 4.74 Å². The van der Waals surface area contributed by atoms with E-state index in [1.165, 1.54) is 0 Å². The maximum absolute atomic E-state index is 5.05. The fourth-order valence-electron chi connectivity index (χ4n) is 0.709. The SMILES string of the molecule is COC(C)CNc1ncccn1. The van der Waals surface area contributed by atoms with E-state index in [1.807, 2.05) is 6.92 Å². The van der Waals surface area contributed by atoms with Crippen LogP contribution in [0, 0.1) is 0 Å². The number of nitrogens with zero attached hydrogens (tertiary/aromatic N) is 2. The van der Waals surface area contributed by atoms with Crippen LogP contribution in [0.5, 0.6) is 0 Å². The van der Waals surface area contributed by atoms with E-state index in [0.29, 0.717) is 5.95 Å². The molecule has 1 unspecified atom stereocenters. The summed E-state index contributed by atoms with van der Waals surface area (Å²) >= 11 is 0. The molecule has 66 valence electrons. The van der Waals surface area contributed by atoms with Gasteiger partial charge in [-0.1, -0.05) is 0 Å². The smallest absolute Gasteiger partial charge is 0.222 e. The molecule has 4 heteroatoms. The van der Waals surface area contributed by atoms with Crippen molar-refractivity contribution in [3.05, 3.63) is 18.5 Å². The normalized spacial score (nSPS) is 12.5. The first-order valence-electron chi connectivity index (χ1n) is 3.86. The van der Waals surface area contributed by atoms with Crippen LogP contribution >= 0.6 is 0 Å². The molecular weight excluding hydrogens is 154 g/mol. The summed E-state index contributed by atoms with van der Waals surface area (Å²) in [4.78, 5) is 8.01. The molecule has 0 aliphatic heterocycles. The lowest BCUT2D eigenvalue weighted by atomic mass is 10.4. The number of methoxy groups -OCH3 is 1. The molecule has 1 aromatic rings. The van der Waals surface area contributed by atoms with Crippen LogP contribution < -0.4 is 5.32 Å². The van der Waals surface area contributed by atoms with E-state index in [-0.39, 0.29) is 6.10 Å². The highest BCUT2D eigenvalue weighted by atomic mass is 16.5. The lowest BCUT2D eigenvalue weighted by Crippen LogP contribution is -2.19. The van der Waals surface area contributed by atoms with Crippen molar-refractivity contribution in [2.24, 2.45) is 0 Å². The second kappa shape index (κ2) is 4.66. The number of anilines is 1. The third kappa shape index (κ3) is 2.84. The van der Waals surface area contributed by atoms with Crippen LogP contribution in [-0.4, -0.2) is 29.7 Å². The summed E-state index contributed by atoms with van der Waals surface area (Å²) in [6.45, 7) is 2.70. The van der Waals surface area contributed by atoms with Crippen LogP contribution in [0.1, 0.15) is 6.92 Å². The van der Waals surface area contributed by atoms with Gasteiger partial charge >= 0.3 is 0 Å². The fourth-order valence-corrected chi connectivity index (χ4v) is 0.709. The Hall–Kier alpha value is -1.16. The maximum Gasteiger partial charge on any atom is 0.222 e. The third-order valence-corrected chi connectivity index (χ3v) is 1.52. The standard InChI is InChI=1S/C8H13N3O/c1-7(12-2)6-11-8-9-4-3-5-10-8/h3-5,7H,6H2,1-2H3,(H,9,10,11). The van der Waals surface area contributed by atoms with Gasteiger partial charge in [-0.3, -0.25) is 0 Å². The van der Waals surface area contributed by atoms with E-state index in [9.17, 15) is 0 Å². The number of hydrogen-bond acceptors (Lipinski definition) is 4.